The lowest BCUT2D eigenvalue weighted by Crippen LogP contribution is -2.48. The van der Waals surface area contributed by atoms with E-state index >= 15 is 0 Å². The molecule has 0 aromatic carbocycles. The average Bonchev–Trinajstić information content (AvgIpc) is 2.88. The molecule has 0 spiro atoms. The summed E-state index contributed by atoms with van der Waals surface area (Å²) in [6.45, 7) is 6.13. The second-order valence-electron chi connectivity index (χ2n) is 8.05. The Morgan fingerprint density at radius 3 is 2.54 bits per heavy atom. The lowest BCUT2D eigenvalue weighted by molar-refractivity contribution is -0.133. The molecule has 2 aliphatic heterocycles. The van der Waals surface area contributed by atoms with Crippen molar-refractivity contribution in [2.45, 2.75) is 71.4 Å². The predicted octanol–water partition coefficient (Wildman–Crippen LogP) is 2.60. The van der Waals surface area contributed by atoms with Crippen LogP contribution in [0.1, 0.15) is 67.3 Å². The molecule has 1 fully saturated rings. The van der Waals surface area contributed by atoms with Crippen molar-refractivity contribution in [3.8, 4) is 0 Å². The van der Waals surface area contributed by atoms with Gasteiger partial charge in [0.05, 0.1) is 5.56 Å². The number of nitrogens with one attached hydrogen (secondary N) is 1. The van der Waals surface area contributed by atoms with Crippen LogP contribution in [0.5, 0.6) is 0 Å². The van der Waals surface area contributed by atoms with Crippen molar-refractivity contribution in [1.29, 1.82) is 0 Å². The van der Waals surface area contributed by atoms with Crippen LogP contribution in [0.25, 0.3) is 11.2 Å². The molecule has 7 heteroatoms. The summed E-state index contributed by atoms with van der Waals surface area (Å²) in [7, 11) is 0. The zero-order valence-electron chi connectivity index (χ0n) is 16.8. The third-order valence-corrected chi connectivity index (χ3v) is 5.82. The van der Waals surface area contributed by atoms with Gasteiger partial charge in [-0.3, -0.25) is 9.59 Å². The normalized spacial score (nSPS) is 18.4. The number of likely N-dealkylation sites (tertiary alicyclic amines) is 1. The number of rotatable bonds is 3. The summed E-state index contributed by atoms with van der Waals surface area (Å²) in [5, 5.41) is 2.90. The van der Waals surface area contributed by atoms with E-state index in [-0.39, 0.29) is 11.8 Å². The van der Waals surface area contributed by atoms with Crippen LogP contribution in [-0.4, -0.2) is 50.4 Å². The summed E-state index contributed by atoms with van der Waals surface area (Å²) in [4.78, 5) is 37.0. The molecule has 0 aliphatic carbocycles. The number of carbonyl (C=O) groups excluding carboxylic acids is 2. The quantitative estimate of drug-likeness (QED) is 0.883. The molecule has 2 aromatic rings. The monoisotopic (exact) mass is 383 g/mol. The van der Waals surface area contributed by atoms with E-state index in [1.807, 2.05) is 11.8 Å². The molecule has 4 rings (SSSR count). The van der Waals surface area contributed by atoms with Crippen molar-refractivity contribution in [3.63, 3.8) is 0 Å². The number of hydrogen-bond donors (Lipinski definition) is 1. The number of carbonyl (C=O) groups is 2. The lowest BCUT2D eigenvalue weighted by atomic mass is 10.1. The Kier molecular flexibility index (Phi) is 5.33. The lowest BCUT2D eigenvalue weighted by Gasteiger charge is -2.29. The van der Waals surface area contributed by atoms with Crippen LogP contribution in [0.3, 0.4) is 0 Å². The van der Waals surface area contributed by atoms with Crippen LogP contribution >= 0.6 is 0 Å². The van der Waals surface area contributed by atoms with Gasteiger partial charge in [-0.1, -0.05) is 6.42 Å². The number of nitrogens with zero attached hydrogens (tertiary/aromatic N) is 4. The van der Waals surface area contributed by atoms with Crippen molar-refractivity contribution >= 4 is 23.0 Å². The Morgan fingerprint density at radius 2 is 1.75 bits per heavy atom. The van der Waals surface area contributed by atoms with Gasteiger partial charge < -0.3 is 14.8 Å². The van der Waals surface area contributed by atoms with Crippen molar-refractivity contribution in [2.24, 2.45) is 0 Å². The van der Waals surface area contributed by atoms with Gasteiger partial charge in [-0.2, -0.15) is 0 Å². The number of fused-ring (bicyclic) bond motifs is 3. The molecule has 2 aromatic heterocycles. The maximum Gasteiger partial charge on any atom is 0.254 e. The van der Waals surface area contributed by atoms with Crippen molar-refractivity contribution < 1.29 is 9.59 Å². The Labute approximate surface area is 165 Å². The maximum atomic E-state index is 13.0. The summed E-state index contributed by atoms with van der Waals surface area (Å²) in [6.07, 6.45) is 7.58. The van der Waals surface area contributed by atoms with Gasteiger partial charge in [-0.25, -0.2) is 9.97 Å². The summed E-state index contributed by atoms with van der Waals surface area (Å²) in [5.41, 5.74) is 2.75. The predicted molar refractivity (Wildman–Crippen MR) is 107 cm³/mol. The molecule has 7 nitrogen and oxygen atoms in total. The third kappa shape index (κ3) is 3.62. The number of hydrogen-bond acceptors (Lipinski definition) is 4. The first kappa shape index (κ1) is 18.9. The molecule has 2 aliphatic rings. The minimum absolute atomic E-state index is 0.00399. The van der Waals surface area contributed by atoms with Crippen LogP contribution in [0.15, 0.2) is 6.07 Å². The topological polar surface area (TPSA) is 80.1 Å². The van der Waals surface area contributed by atoms with E-state index < -0.39 is 6.04 Å². The highest BCUT2D eigenvalue weighted by atomic mass is 16.2. The van der Waals surface area contributed by atoms with Gasteiger partial charge in [-0.05, 0) is 52.0 Å². The largest absolute Gasteiger partial charge is 0.341 e. The molecule has 28 heavy (non-hydrogen) atoms. The Bertz CT molecular complexity index is 898. The number of piperidine rings is 1. The molecule has 4 heterocycles. The summed E-state index contributed by atoms with van der Waals surface area (Å²) < 4.78 is 2.16. The molecule has 150 valence electrons. The maximum absolute atomic E-state index is 13.0. The highest BCUT2D eigenvalue weighted by Crippen LogP contribution is 2.24. The Morgan fingerprint density at radius 1 is 1.04 bits per heavy atom. The number of imidazole rings is 1. The zero-order valence-corrected chi connectivity index (χ0v) is 16.8. The van der Waals surface area contributed by atoms with Crippen molar-refractivity contribution in [2.75, 3.05) is 13.1 Å². The molecule has 1 atom stereocenters. The molecule has 1 saturated heterocycles. The average molecular weight is 383 g/mol. The van der Waals surface area contributed by atoms with E-state index in [9.17, 15) is 9.59 Å². The molecule has 0 saturated carbocycles. The van der Waals surface area contributed by atoms with Crippen molar-refractivity contribution in [1.82, 2.24) is 24.8 Å². The molecule has 1 N–H and O–H groups in total. The molecule has 2 amide bonds. The van der Waals surface area contributed by atoms with Gasteiger partial charge in [-0.15, -0.1) is 0 Å². The number of aromatic nitrogens is 3. The summed E-state index contributed by atoms with van der Waals surface area (Å²) in [6, 6.07) is 1.23. The van der Waals surface area contributed by atoms with Gasteiger partial charge in [0.1, 0.15) is 17.4 Å². The highest BCUT2D eigenvalue weighted by molar-refractivity contribution is 6.05. The number of amides is 2. The summed E-state index contributed by atoms with van der Waals surface area (Å²) >= 11 is 0. The SMILES string of the molecule is Cc1cc(C(=O)NC(C)C(=O)N2CCCCC2)c2nc3n(c2n1)CCCCC3. The fourth-order valence-electron chi connectivity index (χ4n) is 4.31. The van der Waals surface area contributed by atoms with E-state index in [4.69, 9.17) is 4.98 Å². The second-order valence-corrected chi connectivity index (χ2v) is 8.05. The van der Waals surface area contributed by atoms with Crippen molar-refractivity contribution in [3.05, 3.63) is 23.1 Å². The van der Waals surface area contributed by atoms with Crippen LogP contribution in [0.4, 0.5) is 0 Å². The van der Waals surface area contributed by atoms with Crippen LogP contribution < -0.4 is 5.32 Å². The first-order valence-corrected chi connectivity index (χ1v) is 10.5. The molecule has 0 bridgehead atoms. The van der Waals surface area contributed by atoms with E-state index in [0.29, 0.717) is 11.1 Å². The molecule has 0 radical (unpaired) electrons. The number of pyridine rings is 1. The summed E-state index contributed by atoms with van der Waals surface area (Å²) in [5.74, 6) is 0.759. The molecular weight excluding hydrogens is 354 g/mol. The highest BCUT2D eigenvalue weighted by Gasteiger charge is 2.26. The smallest absolute Gasteiger partial charge is 0.254 e. The first-order valence-electron chi connectivity index (χ1n) is 10.5. The molecular formula is C21H29N5O2. The Balaban J connectivity index is 1.59. The van der Waals surface area contributed by atoms with Gasteiger partial charge in [0.25, 0.3) is 5.91 Å². The van der Waals surface area contributed by atoms with Crippen LogP contribution in [0, 0.1) is 6.92 Å². The Hall–Kier alpha value is -2.44. The van der Waals surface area contributed by atoms with E-state index in [2.05, 4.69) is 14.9 Å². The fourth-order valence-corrected chi connectivity index (χ4v) is 4.31. The van der Waals surface area contributed by atoms with E-state index in [0.717, 1.165) is 68.9 Å². The fraction of sp³-hybridized carbons (Fsp3) is 0.619. The van der Waals surface area contributed by atoms with Gasteiger partial charge in [0.15, 0.2) is 5.65 Å². The van der Waals surface area contributed by atoms with Gasteiger partial charge >= 0.3 is 0 Å². The minimum Gasteiger partial charge on any atom is -0.341 e. The van der Waals surface area contributed by atoms with Crippen LogP contribution in [-0.2, 0) is 17.8 Å². The molecule has 1 unspecified atom stereocenters. The van der Waals surface area contributed by atoms with E-state index in [1.165, 1.54) is 12.8 Å². The first-order chi connectivity index (χ1) is 13.5. The second kappa shape index (κ2) is 7.89. The standard InChI is InChI=1S/C21H29N5O2/c1-14-13-16(18-19(22-14)26-12-8-3-5-9-17(26)24-18)20(27)23-15(2)21(28)25-10-6-4-7-11-25/h13,15H,3-12H2,1-2H3,(H,23,27). The third-order valence-electron chi connectivity index (χ3n) is 5.82. The van der Waals surface area contributed by atoms with Gasteiger partial charge in [0, 0.05) is 31.7 Å². The van der Waals surface area contributed by atoms with Gasteiger partial charge in [0.2, 0.25) is 5.91 Å². The number of aryl methyl sites for hydroxylation is 3. The minimum atomic E-state index is -0.547. The van der Waals surface area contributed by atoms with Crippen LogP contribution in [0.2, 0.25) is 0 Å². The van der Waals surface area contributed by atoms with E-state index in [1.54, 1.807) is 13.0 Å². The zero-order chi connectivity index (χ0) is 19.7.